The van der Waals surface area contributed by atoms with Gasteiger partial charge in [-0.3, -0.25) is 4.79 Å². The molecule has 1 heterocycles. The number of carboxylic acid groups (broad SMARTS) is 1. The lowest BCUT2D eigenvalue weighted by Gasteiger charge is -2.20. The third-order valence-corrected chi connectivity index (χ3v) is 5.34. The number of H-pyrrole nitrogens is 1. The molecule has 4 N–H and O–H groups in total. The molecule has 9 heteroatoms. The lowest BCUT2D eigenvalue weighted by molar-refractivity contribution is -0.142. The number of imidazole rings is 1. The first-order chi connectivity index (χ1) is 15.5. The lowest BCUT2D eigenvalue weighted by atomic mass is 10.1. The molecule has 2 amide bonds. The molecule has 1 aromatic heterocycles. The second-order valence-corrected chi connectivity index (χ2v) is 8.10. The van der Waals surface area contributed by atoms with E-state index < -0.39 is 30.1 Å². The summed E-state index contributed by atoms with van der Waals surface area (Å²) >= 11 is 0. The molecule has 0 aliphatic rings. The van der Waals surface area contributed by atoms with E-state index in [0.717, 1.165) is 19.3 Å². The van der Waals surface area contributed by atoms with Crippen LogP contribution >= 0.6 is 0 Å². The van der Waals surface area contributed by atoms with Crippen molar-refractivity contribution in [1.82, 2.24) is 20.6 Å². The van der Waals surface area contributed by atoms with E-state index in [4.69, 9.17) is 4.74 Å². The zero-order chi connectivity index (χ0) is 23.6. The monoisotopic (exact) mass is 452 g/mol. The molecular weight excluding hydrogens is 412 g/mol. The molecule has 0 unspecified atom stereocenters. The second kappa shape index (κ2) is 17.0. The fourth-order valence-electron chi connectivity index (χ4n) is 3.38. The SMILES string of the molecule is CCCCCCCCCCCCOC(=O)N[C@@H](CC)C(=O)N[C@@H](Cc1cnc[nH]1)C(=O)O. The first-order valence-electron chi connectivity index (χ1n) is 11.9. The van der Waals surface area contributed by atoms with Crippen LogP contribution in [-0.4, -0.2) is 51.7 Å². The fraction of sp³-hybridized carbons (Fsp3) is 0.739. The number of rotatable bonds is 18. The first-order valence-corrected chi connectivity index (χ1v) is 11.9. The van der Waals surface area contributed by atoms with E-state index in [1.807, 2.05) is 0 Å². The van der Waals surface area contributed by atoms with Crippen LogP contribution in [0.2, 0.25) is 0 Å². The maximum absolute atomic E-state index is 12.4. The predicted molar refractivity (Wildman–Crippen MR) is 122 cm³/mol. The van der Waals surface area contributed by atoms with E-state index in [-0.39, 0.29) is 6.42 Å². The molecule has 32 heavy (non-hydrogen) atoms. The number of carbonyl (C=O) groups excluding carboxylic acids is 2. The summed E-state index contributed by atoms with van der Waals surface area (Å²) in [6, 6.07) is -1.99. The van der Waals surface area contributed by atoms with Crippen LogP contribution in [-0.2, 0) is 20.7 Å². The van der Waals surface area contributed by atoms with Crippen molar-refractivity contribution < 1.29 is 24.2 Å². The highest BCUT2D eigenvalue weighted by molar-refractivity contribution is 5.89. The third kappa shape index (κ3) is 12.3. The van der Waals surface area contributed by atoms with Crippen LogP contribution in [0.3, 0.4) is 0 Å². The van der Waals surface area contributed by atoms with Crippen molar-refractivity contribution in [3.05, 3.63) is 18.2 Å². The maximum Gasteiger partial charge on any atom is 0.407 e. The number of aromatic amines is 1. The summed E-state index contributed by atoms with van der Waals surface area (Å²) < 4.78 is 5.17. The molecule has 0 fully saturated rings. The molecule has 0 radical (unpaired) electrons. The van der Waals surface area contributed by atoms with Crippen LogP contribution in [0.1, 0.15) is 90.2 Å². The number of nitrogens with one attached hydrogen (secondary N) is 3. The number of alkyl carbamates (subject to hydrolysis) is 1. The number of carboxylic acids is 1. The molecule has 182 valence electrons. The average Bonchev–Trinajstić information content (AvgIpc) is 3.28. The molecule has 2 atom stereocenters. The van der Waals surface area contributed by atoms with Gasteiger partial charge in [-0.2, -0.15) is 0 Å². The van der Waals surface area contributed by atoms with Gasteiger partial charge in [-0.15, -0.1) is 0 Å². The van der Waals surface area contributed by atoms with Crippen molar-refractivity contribution in [1.29, 1.82) is 0 Å². The normalized spacial score (nSPS) is 12.7. The number of unbranched alkanes of at least 4 members (excludes halogenated alkanes) is 9. The minimum absolute atomic E-state index is 0.0701. The summed E-state index contributed by atoms with van der Waals surface area (Å²) in [6.45, 7) is 4.26. The smallest absolute Gasteiger partial charge is 0.407 e. The van der Waals surface area contributed by atoms with Gasteiger partial charge < -0.3 is 25.5 Å². The molecule has 0 aliphatic heterocycles. The van der Waals surface area contributed by atoms with Crippen molar-refractivity contribution in [2.24, 2.45) is 0 Å². The molecule has 0 spiro atoms. The number of ether oxygens (including phenoxy) is 1. The highest BCUT2D eigenvalue weighted by atomic mass is 16.5. The minimum atomic E-state index is -1.16. The summed E-state index contributed by atoms with van der Waals surface area (Å²) in [5, 5.41) is 14.4. The number of carbonyl (C=O) groups is 3. The number of amides is 2. The van der Waals surface area contributed by atoms with Crippen molar-refractivity contribution >= 4 is 18.0 Å². The van der Waals surface area contributed by atoms with Crippen LogP contribution in [0, 0.1) is 0 Å². The molecule has 0 bridgehead atoms. The average molecular weight is 453 g/mol. The minimum Gasteiger partial charge on any atom is -0.480 e. The molecule has 1 aromatic rings. The van der Waals surface area contributed by atoms with E-state index in [1.165, 1.54) is 57.5 Å². The van der Waals surface area contributed by atoms with Crippen molar-refractivity contribution in [2.75, 3.05) is 6.61 Å². The Morgan fingerprint density at radius 3 is 2.12 bits per heavy atom. The summed E-state index contributed by atoms with van der Waals surface area (Å²) in [6.07, 6.45) is 14.6. The Kier molecular flexibility index (Phi) is 14.6. The van der Waals surface area contributed by atoms with Gasteiger partial charge in [0.1, 0.15) is 12.1 Å². The molecule has 0 saturated carbocycles. The van der Waals surface area contributed by atoms with Gasteiger partial charge >= 0.3 is 12.1 Å². The predicted octanol–water partition coefficient (Wildman–Crippen LogP) is 3.95. The van der Waals surface area contributed by atoms with E-state index in [9.17, 15) is 19.5 Å². The third-order valence-electron chi connectivity index (χ3n) is 5.34. The van der Waals surface area contributed by atoms with Crippen molar-refractivity contribution in [2.45, 2.75) is 103 Å². The highest BCUT2D eigenvalue weighted by Crippen LogP contribution is 2.10. The van der Waals surface area contributed by atoms with Crippen LogP contribution in [0.25, 0.3) is 0 Å². The first kappa shape index (κ1) is 27.5. The summed E-state index contributed by atoms with van der Waals surface area (Å²) in [5.74, 6) is -1.72. The quantitative estimate of drug-likeness (QED) is 0.249. The zero-order valence-corrected chi connectivity index (χ0v) is 19.5. The fourth-order valence-corrected chi connectivity index (χ4v) is 3.38. The van der Waals surface area contributed by atoms with E-state index >= 15 is 0 Å². The van der Waals surface area contributed by atoms with Gasteiger partial charge in [0.25, 0.3) is 0 Å². The largest absolute Gasteiger partial charge is 0.480 e. The molecular formula is C23H40N4O5. The van der Waals surface area contributed by atoms with Gasteiger partial charge in [0.15, 0.2) is 0 Å². The van der Waals surface area contributed by atoms with Gasteiger partial charge in [0.05, 0.1) is 12.9 Å². The molecule has 1 rings (SSSR count). The number of nitrogens with zero attached hydrogens (tertiary/aromatic N) is 1. The second-order valence-electron chi connectivity index (χ2n) is 8.10. The molecule has 0 saturated heterocycles. The van der Waals surface area contributed by atoms with Crippen LogP contribution in [0.5, 0.6) is 0 Å². The van der Waals surface area contributed by atoms with Crippen LogP contribution in [0.4, 0.5) is 4.79 Å². The van der Waals surface area contributed by atoms with Gasteiger partial charge in [-0.25, -0.2) is 14.6 Å². The number of aromatic nitrogens is 2. The Labute approximate surface area is 191 Å². The maximum atomic E-state index is 12.4. The summed E-state index contributed by atoms with van der Waals surface area (Å²) in [5.41, 5.74) is 0.592. The Balaban J connectivity index is 2.21. The van der Waals surface area contributed by atoms with E-state index in [1.54, 1.807) is 6.92 Å². The van der Waals surface area contributed by atoms with Gasteiger partial charge in [-0.1, -0.05) is 71.6 Å². The van der Waals surface area contributed by atoms with Crippen molar-refractivity contribution in [3.8, 4) is 0 Å². The zero-order valence-electron chi connectivity index (χ0n) is 19.5. The van der Waals surface area contributed by atoms with E-state index in [0.29, 0.717) is 18.7 Å². The Hall–Kier alpha value is -2.58. The van der Waals surface area contributed by atoms with Crippen LogP contribution in [0.15, 0.2) is 12.5 Å². The molecule has 0 aliphatic carbocycles. The Morgan fingerprint density at radius 1 is 0.969 bits per heavy atom. The summed E-state index contributed by atoms with van der Waals surface area (Å²) in [7, 11) is 0. The molecule has 0 aromatic carbocycles. The highest BCUT2D eigenvalue weighted by Gasteiger charge is 2.26. The van der Waals surface area contributed by atoms with Gasteiger partial charge in [0, 0.05) is 18.3 Å². The summed E-state index contributed by atoms with van der Waals surface area (Å²) in [4.78, 5) is 42.6. The number of aliphatic carboxylic acids is 1. The van der Waals surface area contributed by atoms with Crippen LogP contribution < -0.4 is 10.6 Å². The topological polar surface area (TPSA) is 133 Å². The van der Waals surface area contributed by atoms with Gasteiger partial charge in [0.2, 0.25) is 5.91 Å². The van der Waals surface area contributed by atoms with Gasteiger partial charge in [-0.05, 0) is 12.8 Å². The molecule has 9 nitrogen and oxygen atoms in total. The lowest BCUT2D eigenvalue weighted by Crippen LogP contribution is -2.52. The number of hydrogen-bond donors (Lipinski definition) is 4. The Bertz CT molecular complexity index is 651. The Morgan fingerprint density at radius 2 is 1.59 bits per heavy atom. The van der Waals surface area contributed by atoms with Crippen molar-refractivity contribution in [3.63, 3.8) is 0 Å². The number of hydrogen-bond acceptors (Lipinski definition) is 5. The van der Waals surface area contributed by atoms with E-state index in [2.05, 4.69) is 27.5 Å². The standard InChI is InChI=1S/C23H40N4O5/c1-3-5-6-7-8-9-10-11-12-13-14-32-23(31)27-19(4-2)21(28)26-20(22(29)30)15-18-16-24-17-25-18/h16-17,19-20H,3-15H2,1-2H3,(H,24,25)(H,26,28)(H,27,31)(H,29,30)/t19-,20-/m0/s1.